The van der Waals surface area contributed by atoms with Gasteiger partial charge in [-0.15, -0.1) is 4.91 Å². The van der Waals surface area contributed by atoms with Crippen LogP contribution in [0.1, 0.15) is 5.56 Å². The molecule has 0 radical (unpaired) electrons. The molecule has 9 heteroatoms. The van der Waals surface area contributed by atoms with Crippen LogP contribution < -0.4 is 4.72 Å². The topological polar surface area (TPSA) is 114 Å². The zero-order valence-corrected chi connectivity index (χ0v) is 23.9. The van der Waals surface area contributed by atoms with E-state index in [2.05, 4.69) is 9.90 Å². The molecule has 0 unspecified atom stereocenters. The second kappa shape index (κ2) is 11.8. The average Bonchev–Trinajstić information content (AvgIpc) is 3.05. The highest BCUT2D eigenvalue weighted by molar-refractivity contribution is 7.92. The van der Waals surface area contributed by atoms with Crippen LogP contribution in [0, 0.1) is 11.8 Å². The summed E-state index contributed by atoms with van der Waals surface area (Å²) in [6, 6.07) is 38.1. The van der Waals surface area contributed by atoms with Gasteiger partial charge >= 0.3 is 0 Å². The lowest BCUT2D eigenvalue weighted by Gasteiger charge is -2.14. The van der Waals surface area contributed by atoms with Gasteiger partial charge in [-0.3, -0.25) is 4.72 Å². The van der Waals surface area contributed by atoms with Gasteiger partial charge in [-0.05, 0) is 77.3 Å². The standard InChI is InChI=1S/C34H25N5O3S/c1-23-12-21-30(31(22-23)39-43(41,42)29-10-6-3-7-11-29)34-36-32(35-33(37-34)27-17-19-28(38-40)20-18-27)26-15-13-25(14-16-26)24-8-4-2-5-9-24/h2-22,39H,1H3. The Bertz CT molecular complexity index is 2020. The molecule has 0 amide bonds. The summed E-state index contributed by atoms with van der Waals surface area (Å²) in [6.45, 7) is 1.88. The van der Waals surface area contributed by atoms with Crippen LogP contribution in [0.25, 0.3) is 45.3 Å². The van der Waals surface area contributed by atoms with Crippen molar-refractivity contribution in [1.29, 1.82) is 0 Å². The third-order valence-corrected chi connectivity index (χ3v) is 8.21. The Kier molecular flexibility index (Phi) is 7.55. The van der Waals surface area contributed by atoms with Crippen LogP contribution >= 0.6 is 0 Å². The minimum Gasteiger partial charge on any atom is -0.279 e. The number of nitroso groups, excluding NO2 is 1. The first kappa shape index (κ1) is 27.6. The molecule has 0 saturated heterocycles. The number of hydrogen-bond donors (Lipinski definition) is 1. The Balaban J connectivity index is 1.48. The smallest absolute Gasteiger partial charge is 0.261 e. The van der Waals surface area contributed by atoms with E-state index in [4.69, 9.17) is 15.0 Å². The average molecular weight is 584 g/mol. The van der Waals surface area contributed by atoms with E-state index in [0.29, 0.717) is 28.5 Å². The molecule has 0 bridgehead atoms. The number of aryl methyl sites for hydroxylation is 1. The summed E-state index contributed by atoms with van der Waals surface area (Å²) in [5.74, 6) is 1.06. The lowest BCUT2D eigenvalue weighted by molar-refractivity contribution is 0.601. The van der Waals surface area contributed by atoms with Gasteiger partial charge in [-0.1, -0.05) is 78.9 Å². The van der Waals surface area contributed by atoms with Crippen molar-refractivity contribution in [1.82, 2.24) is 15.0 Å². The van der Waals surface area contributed by atoms with Gasteiger partial charge < -0.3 is 0 Å². The Morgan fingerprint density at radius 3 is 1.70 bits per heavy atom. The summed E-state index contributed by atoms with van der Waals surface area (Å²) >= 11 is 0. The van der Waals surface area contributed by atoms with E-state index in [1.807, 2.05) is 67.6 Å². The predicted octanol–water partition coefficient (Wildman–Crippen LogP) is 8.05. The molecule has 43 heavy (non-hydrogen) atoms. The third-order valence-electron chi connectivity index (χ3n) is 6.83. The zero-order valence-electron chi connectivity index (χ0n) is 23.0. The summed E-state index contributed by atoms with van der Waals surface area (Å²) in [6.07, 6.45) is 0. The second-order valence-corrected chi connectivity index (χ2v) is 11.5. The molecule has 210 valence electrons. The van der Waals surface area contributed by atoms with Crippen molar-refractivity contribution in [2.24, 2.45) is 5.18 Å². The van der Waals surface area contributed by atoms with Crippen LogP contribution in [0.3, 0.4) is 0 Å². The predicted molar refractivity (Wildman–Crippen MR) is 169 cm³/mol. The normalized spacial score (nSPS) is 11.2. The molecule has 1 aromatic heterocycles. The van der Waals surface area contributed by atoms with Crippen molar-refractivity contribution in [3.8, 4) is 45.3 Å². The molecular formula is C34H25N5O3S. The number of hydrogen-bond acceptors (Lipinski definition) is 7. The van der Waals surface area contributed by atoms with Crippen LogP contribution in [0.5, 0.6) is 0 Å². The minimum atomic E-state index is -3.89. The molecule has 0 aliphatic carbocycles. The Morgan fingerprint density at radius 1 is 0.581 bits per heavy atom. The lowest BCUT2D eigenvalue weighted by atomic mass is 10.0. The van der Waals surface area contributed by atoms with Gasteiger partial charge in [0.25, 0.3) is 10.0 Å². The van der Waals surface area contributed by atoms with Crippen molar-refractivity contribution in [2.45, 2.75) is 11.8 Å². The van der Waals surface area contributed by atoms with E-state index in [-0.39, 0.29) is 16.4 Å². The monoisotopic (exact) mass is 583 g/mol. The fourth-order valence-electron chi connectivity index (χ4n) is 4.61. The number of rotatable bonds is 8. The Hall–Kier alpha value is -5.54. The Morgan fingerprint density at radius 2 is 1.09 bits per heavy atom. The molecule has 1 heterocycles. The van der Waals surface area contributed by atoms with Gasteiger partial charge in [0.05, 0.1) is 10.6 Å². The maximum absolute atomic E-state index is 13.3. The minimum absolute atomic E-state index is 0.141. The van der Waals surface area contributed by atoms with E-state index in [0.717, 1.165) is 22.3 Å². The molecule has 0 fully saturated rings. The molecule has 0 saturated carbocycles. The molecule has 1 N–H and O–H groups in total. The Labute approximate surface area is 249 Å². The number of nitrogens with zero attached hydrogens (tertiary/aromatic N) is 4. The van der Waals surface area contributed by atoms with Crippen molar-refractivity contribution >= 4 is 21.4 Å². The SMILES string of the molecule is Cc1ccc(-c2nc(-c3ccc(N=O)cc3)nc(-c3ccc(-c4ccccc4)cc3)n2)c(NS(=O)(=O)c2ccccc2)c1. The number of nitrogens with one attached hydrogen (secondary N) is 1. The van der Waals surface area contributed by atoms with Crippen LogP contribution in [-0.2, 0) is 10.0 Å². The highest BCUT2D eigenvalue weighted by Gasteiger charge is 2.20. The van der Waals surface area contributed by atoms with E-state index in [1.54, 1.807) is 54.6 Å². The number of aromatic nitrogens is 3. The first-order valence-electron chi connectivity index (χ1n) is 13.4. The van der Waals surface area contributed by atoms with Crippen LogP contribution in [0.2, 0.25) is 0 Å². The maximum atomic E-state index is 13.3. The largest absolute Gasteiger partial charge is 0.279 e. The third kappa shape index (κ3) is 6.07. The molecule has 0 aliphatic rings. The van der Waals surface area contributed by atoms with Gasteiger partial charge in [-0.2, -0.15) is 0 Å². The van der Waals surface area contributed by atoms with Gasteiger partial charge in [0.1, 0.15) is 5.69 Å². The lowest BCUT2D eigenvalue weighted by Crippen LogP contribution is -2.14. The molecule has 0 aliphatic heterocycles. The van der Waals surface area contributed by atoms with Crippen LogP contribution in [0.15, 0.2) is 137 Å². The van der Waals surface area contributed by atoms with Crippen molar-refractivity contribution in [3.05, 3.63) is 138 Å². The fraction of sp³-hybridized carbons (Fsp3) is 0.0294. The maximum Gasteiger partial charge on any atom is 0.261 e. The number of anilines is 1. The first-order valence-corrected chi connectivity index (χ1v) is 14.9. The molecule has 6 rings (SSSR count). The highest BCUT2D eigenvalue weighted by Crippen LogP contribution is 2.32. The van der Waals surface area contributed by atoms with E-state index in [9.17, 15) is 13.3 Å². The number of sulfonamides is 1. The fourth-order valence-corrected chi connectivity index (χ4v) is 5.70. The summed E-state index contributed by atoms with van der Waals surface area (Å²) in [4.78, 5) is 25.4. The summed E-state index contributed by atoms with van der Waals surface area (Å²) in [7, 11) is -3.89. The zero-order chi connectivity index (χ0) is 29.8. The summed E-state index contributed by atoms with van der Waals surface area (Å²) in [5, 5.41) is 2.98. The van der Waals surface area contributed by atoms with E-state index < -0.39 is 10.0 Å². The highest BCUT2D eigenvalue weighted by atomic mass is 32.2. The van der Waals surface area contributed by atoms with E-state index in [1.165, 1.54) is 12.1 Å². The first-order chi connectivity index (χ1) is 20.9. The molecule has 5 aromatic carbocycles. The van der Waals surface area contributed by atoms with Gasteiger partial charge in [0.2, 0.25) is 0 Å². The molecular weight excluding hydrogens is 558 g/mol. The van der Waals surface area contributed by atoms with Gasteiger partial charge in [-0.25, -0.2) is 23.4 Å². The molecule has 0 atom stereocenters. The summed E-state index contributed by atoms with van der Waals surface area (Å²) < 4.78 is 29.3. The quantitative estimate of drug-likeness (QED) is 0.181. The molecule has 0 spiro atoms. The van der Waals surface area contributed by atoms with Crippen molar-refractivity contribution in [3.63, 3.8) is 0 Å². The van der Waals surface area contributed by atoms with Crippen molar-refractivity contribution in [2.75, 3.05) is 4.72 Å². The summed E-state index contributed by atoms with van der Waals surface area (Å²) in [5.41, 5.74) is 5.51. The van der Waals surface area contributed by atoms with Gasteiger partial charge in [0, 0.05) is 16.7 Å². The van der Waals surface area contributed by atoms with Gasteiger partial charge in [0.15, 0.2) is 17.5 Å². The molecule has 6 aromatic rings. The van der Waals surface area contributed by atoms with Crippen molar-refractivity contribution < 1.29 is 8.42 Å². The molecule has 8 nitrogen and oxygen atoms in total. The van der Waals surface area contributed by atoms with Crippen LogP contribution in [-0.4, -0.2) is 23.4 Å². The second-order valence-electron chi connectivity index (χ2n) is 9.86. The number of benzene rings is 5. The van der Waals surface area contributed by atoms with Crippen LogP contribution in [0.4, 0.5) is 11.4 Å². The van der Waals surface area contributed by atoms with E-state index >= 15 is 0 Å².